The van der Waals surface area contributed by atoms with Crippen LogP contribution in [-0.2, 0) is 13.0 Å². The highest BCUT2D eigenvalue weighted by Gasteiger charge is 2.31. The zero-order chi connectivity index (χ0) is 16.6. The first-order valence-electron chi connectivity index (χ1n) is 9.33. The summed E-state index contributed by atoms with van der Waals surface area (Å²) in [5.41, 5.74) is 6.78. The second kappa shape index (κ2) is 6.07. The van der Waals surface area contributed by atoms with E-state index in [9.17, 15) is 0 Å². The van der Waals surface area contributed by atoms with Gasteiger partial charge in [0.25, 0.3) is 0 Å². The van der Waals surface area contributed by atoms with Gasteiger partial charge < -0.3 is 9.47 Å². The Bertz CT molecular complexity index is 877. The molecule has 1 saturated carbocycles. The van der Waals surface area contributed by atoms with E-state index >= 15 is 0 Å². The maximum absolute atomic E-state index is 4.78. The summed E-state index contributed by atoms with van der Waals surface area (Å²) in [5, 5.41) is 0. The van der Waals surface area contributed by atoms with Crippen molar-refractivity contribution in [1.29, 1.82) is 0 Å². The molecular weight excluding hydrogens is 306 g/mol. The summed E-state index contributed by atoms with van der Waals surface area (Å²) < 4.78 is 2.40. The first-order valence-corrected chi connectivity index (χ1v) is 9.33. The number of imidazole rings is 1. The molecule has 0 N–H and O–H groups in total. The van der Waals surface area contributed by atoms with E-state index in [0.717, 1.165) is 19.6 Å². The fraction of sp³-hybridized carbons (Fsp3) is 0.318. The summed E-state index contributed by atoms with van der Waals surface area (Å²) in [6.45, 7) is 3.21. The van der Waals surface area contributed by atoms with E-state index in [4.69, 9.17) is 4.98 Å². The molecule has 1 aliphatic carbocycles. The molecule has 0 atom stereocenters. The normalized spacial score (nSPS) is 16.2. The molecule has 3 aromatic rings. The summed E-state index contributed by atoms with van der Waals surface area (Å²) in [5.74, 6) is 0.698. The van der Waals surface area contributed by atoms with Gasteiger partial charge in [-0.25, -0.2) is 4.98 Å². The Kier molecular flexibility index (Phi) is 3.58. The van der Waals surface area contributed by atoms with Gasteiger partial charge in [0, 0.05) is 42.5 Å². The van der Waals surface area contributed by atoms with Crippen LogP contribution in [0, 0.1) is 0 Å². The molecule has 126 valence electrons. The fourth-order valence-corrected chi connectivity index (χ4v) is 4.04. The first-order chi connectivity index (χ1) is 12.4. The van der Waals surface area contributed by atoms with Crippen LogP contribution in [-0.4, -0.2) is 22.6 Å². The van der Waals surface area contributed by atoms with Crippen LogP contribution in [0.1, 0.15) is 30.0 Å². The zero-order valence-electron chi connectivity index (χ0n) is 14.4. The smallest absolute Gasteiger partial charge is 0.0956 e. The van der Waals surface area contributed by atoms with E-state index < -0.39 is 0 Å². The second-order valence-corrected chi connectivity index (χ2v) is 7.18. The van der Waals surface area contributed by atoms with Crippen LogP contribution in [0.5, 0.6) is 0 Å². The van der Waals surface area contributed by atoms with E-state index in [2.05, 4.69) is 70.4 Å². The largest absolute Gasteiger partial charge is 0.369 e. The van der Waals surface area contributed by atoms with Gasteiger partial charge in [-0.2, -0.15) is 0 Å². The standard InChI is InChI=1S/C22H23N3/c1-2-7-18(8-3-1)21-22(19-10-11-19)25(16-23-21)15-14-24-13-12-17-6-4-5-9-20(17)24/h1-9,16,19H,10-15H2. The van der Waals surface area contributed by atoms with Crippen molar-refractivity contribution < 1.29 is 0 Å². The number of hydrogen-bond acceptors (Lipinski definition) is 2. The number of para-hydroxylation sites is 1. The molecule has 0 unspecified atom stereocenters. The van der Waals surface area contributed by atoms with Gasteiger partial charge in [-0.05, 0) is 30.9 Å². The van der Waals surface area contributed by atoms with Crippen LogP contribution in [0.25, 0.3) is 11.3 Å². The lowest BCUT2D eigenvalue weighted by Gasteiger charge is -2.20. The molecule has 3 nitrogen and oxygen atoms in total. The molecular formula is C22H23N3. The minimum absolute atomic E-state index is 0.698. The van der Waals surface area contributed by atoms with Gasteiger partial charge in [-0.1, -0.05) is 48.5 Å². The maximum atomic E-state index is 4.78. The summed E-state index contributed by atoms with van der Waals surface area (Å²) in [7, 11) is 0. The van der Waals surface area contributed by atoms with Gasteiger partial charge in [0.1, 0.15) is 0 Å². The SMILES string of the molecule is c1ccc(-c2ncn(CCN3CCc4ccccc43)c2C2CC2)cc1. The molecule has 1 aromatic heterocycles. The van der Waals surface area contributed by atoms with Gasteiger partial charge >= 0.3 is 0 Å². The van der Waals surface area contributed by atoms with Crippen molar-refractivity contribution in [3.8, 4) is 11.3 Å². The molecule has 0 amide bonds. The lowest BCUT2D eigenvalue weighted by atomic mass is 10.1. The highest BCUT2D eigenvalue weighted by atomic mass is 15.2. The summed E-state index contributed by atoms with van der Waals surface area (Å²) in [6.07, 6.45) is 5.83. The highest BCUT2D eigenvalue weighted by molar-refractivity contribution is 5.63. The third kappa shape index (κ3) is 2.74. The third-order valence-corrected chi connectivity index (χ3v) is 5.48. The van der Waals surface area contributed by atoms with E-state index in [1.807, 2.05) is 0 Å². The average molecular weight is 329 g/mol. The Hall–Kier alpha value is -2.55. The molecule has 5 rings (SSSR count). The van der Waals surface area contributed by atoms with Crippen molar-refractivity contribution in [2.75, 3.05) is 18.0 Å². The molecule has 3 heteroatoms. The predicted molar refractivity (Wildman–Crippen MR) is 102 cm³/mol. The molecule has 0 spiro atoms. The number of hydrogen-bond donors (Lipinski definition) is 0. The van der Waals surface area contributed by atoms with E-state index in [1.54, 1.807) is 0 Å². The number of anilines is 1. The number of fused-ring (bicyclic) bond motifs is 1. The van der Waals surface area contributed by atoms with Crippen LogP contribution >= 0.6 is 0 Å². The maximum Gasteiger partial charge on any atom is 0.0956 e. The molecule has 0 saturated heterocycles. The van der Waals surface area contributed by atoms with Crippen LogP contribution in [0.4, 0.5) is 5.69 Å². The van der Waals surface area contributed by atoms with Gasteiger partial charge in [0.2, 0.25) is 0 Å². The van der Waals surface area contributed by atoms with Gasteiger partial charge in [-0.3, -0.25) is 0 Å². The molecule has 25 heavy (non-hydrogen) atoms. The van der Waals surface area contributed by atoms with Gasteiger partial charge in [0.05, 0.1) is 12.0 Å². The topological polar surface area (TPSA) is 21.1 Å². The Morgan fingerprint density at radius 1 is 0.920 bits per heavy atom. The van der Waals surface area contributed by atoms with Crippen LogP contribution < -0.4 is 4.90 Å². The van der Waals surface area contributed by atoms with Crippen LogP contribution in [0.15, 0.2) is 60.9 Å². The van der Waals surface area contributed by atoms with Crippen molar-refractivity contribution in [2.24, 2.45) is 0 Å². The zero-order valence-corrected chi connectivity index (χ0v) is 14.4. The Labute approximate surface area is 148 Å². The molecule has 0 bridgehead atoms. The number of nitrogens with zero attached hydrogens (tertiary/aromatic N) is 3. The molecule has 0 radical (unpaired) electrons. The molecule has 2 aliphatic rings. The average Bonchev–Trinajstić information content (AvgIpc) is 3.28. The minimum Gasteiger partial charge on any atom is -0.369 e. The van der Waals surface area contributed by atoms with E-state index in [0.29, 0.717) is 5.92 Å². The summed E-state index contributed by atoms with van der Waals surface area (Å²) in [4.78, 5) is 7.30. The van der Waals surface area contributed by atoms with Crippen molar-refractivity contribution >= 4 is 5.69 Å². The highest BCUT2D eigenvalue weighted by Crippen LogP contribution is 2.44. The molecule has 1 aliphatic heterocycles. The first kappa shape index (κ1) is 14.8. The van der Waals surface area contributed by atoms with Crippen molar-refractivity contribution in [3.63, 3.8) is 0 Å². The lowest BCUT2D eigenvalue weighted by molar-refractivity contribution is 0.642. The van der Waals surface area contributed by atoms with Crippen LogP contribution in [0.3, 0.4) is 0 Å². The Morgan fingerprint density at radius 3 is 2.56 bits per heavy atom. The number of benzene rings is 2. The molecule has 1 fully saturated rings. The quantitative estimate of drug-likeness (QED) is 0.688. The Balaban J connectivity index is 1.39. The molecule has 2 aromatic carbocycles. The summed E-state index contributed by atoms with van der Waals surface area (Å²) >= 11 is 0. The number of rotatable bonds is 5. The summed E-state index contributed by atoms with van der Waals surface area (Å²) in [6, 6.07) is 19.4. The van der Waals surface area contributed by atoms with Crippen LogP contribution in [0.2, 0.25) is 0 Å². The monoisotopic (exact) mass is 329 g/mol. The van der Waals surface area contributed by atoms with E-state index in [1.165, 1.54) is 47.5 Å². The lowest BCUT2D eigenvalue weighted by Crippen LogP contribution is -2.25. The van der Waals surface area contributed by atoms with Gasteiger partial charge in [0.15, 0.2) is 0 Å². The van der Waals surface area contributed by atoms with Crippen molar-refractivity contribution in [1.82, 2.24) is 9.55 Å². The number of aromatic nitrogens is 2. The minimum atomic E-state index is 0.698. The van der Waals surface area contributed by atoms with Crippen molar-refractivity contribution in [3.05, 3.63) is 72.2 Å². The predicted octanol–water partition coefficient (Wildman–Crippen LogP) is 4.49. The van der Waals surface area contributed by atoms with Gasteiger partial charge in [-0.15, -0.1) is 0 Å². The Morgan fingerprint density at radius 2 is 1.72 bits per heavy atom. The third-order valence-electron chi connectivity index (χ3n) is 5.48. The van der Waals surface area contributed by atoms with Crippen molar-refractivity contribution in [2.45, 2.75) is 31.7 Å². The second-order valence-electron chi connectivity index (χ2n) is 7.18. The fourth-order valence-electron chi connectivity index (χ4n) is 4.04. The molecule has 2 heterocycles. The van der Waals surface area contributed by atoms with E-state index in [-0.39, 0.29) is 0 Å².